The number of aryl methyl sites for hydroxylation is 2. The number of aromatic amines is 1. The fraction of sp³-hybridized carbons (Fsp3) is 0.267. The first-order valence-corrected chi connectivity index (χ1v) is 8.32. The lowest BCUT2D eigenvalue weighted by atomic mass is 10.3. The van der Waals surface area contributed by atoms with Crippen molar-refractivity contribution < 1.29 is 9.15 Å². The molecule has 3 aromatic rings. The van der Waals surface area contributed by atoms with Gasteiger partial charge in [0.15, 0.2) is 5.82 Å². The molecule has 0 fully saturated rings. The second-order valence-electron chi connectivity index (χ2n) is 4.85. The van der Waals surface area contributed by atoms with Gasteiger partial charge in [-0.2, -0.15) is 0 Å². The average molecular weight is 351 g/mol. The predicted octanol–water partition coefficient (Wildman–Crippen LogP) is 3.93. The molecule has 120 valence electrons. The summed E-state index contributed by atoms with van der Waals surface area (Å²) in [6.07, 6.45) is 0. The van der Waals surface area contributed by atoms with E-state index in [9.17, 15) is 0 Å². The van der Waals surface area contributed by atoms with Crippen molar-refractivity contribution in [1.29, 1.82) is 0 Å². The Hall–Kier alpha value is -1.99. The van der Waals surface area contributed by atoms with E-state index in [1.54, 1.807) is 12.1 Å². The van der Waals surface area contributed by atoms with Crippen molar-refractivity contribution >= 4 is 23.4 Å². The molecular weight excluding hydrogens is 336 g/mol. The lowest BCUT2D eigenvalue weighted by Crippen LogP contribution is -1.97. The van der Waals surface area contributed by atoms with Crippen LogP contribution in [0.5, 0.6) is 5.75 Å². The Morgan fingerprint density at radius 1 is 1.22 bits per heavy atom. The highest BCUT2D eigenvalue weighted by atomic mass is 35.5. The molecule has 0 unspecified atom stereocenters. The smallest absolute Gasteiger partial charge is 0.209 e. The van der Waals surface area contributed by atoms with Gasteiger partial charge in [0.1, 0.15) is 18.1 Å². The molecule has 0 radical (unpaired) electrons. The van der Waals surface area contributed by atoms with Crippen molar-refractivity contribution in [3.63, 3.8) is 0 Å². The number of aromatic nitrogens is 4. The number of hydrogen-bond donors (Lipinski definition) is 1. The van der Waals surface area contributed by atoms with E-state index >= 15 is 0 Å². The number of nitrogens with zero attached hydrogens (tertiary/aromatic N) is 3. The Kier molecular flexibility index (Phi) is 4.88. The second-order valence-corrected chi connectivity index (χ2v) is 6.22. The molecule has 0 atom stereocenters. The lowest BCUT2D eigenvalue weighted by Gasteiger charge is -2.02. The van der Waals surface area contributed by atoms with Gasteiger partial charge in [-0.15, -0.1) is 5.10 Å². The van der Waals surface area contributed by atoms with Crippen molar-refractivity contribution in [2.45, 2.75) is 31.4 Å². The molecule has 0 saturated heterocycles. The van der Waals surface area contributed by atoms with Gasteiger partial charge in [0, 0.05) is 5.02 Å². The van der Waals surface area contributed by atoms with E-state index in [1.807, 2.05) is 26.0 Å². The Morgan fingerprint density at radius 3 is 2.70 bits per heavy atom. The first kappa shape index (κ1) is 15.9. The summed E-state index contributed by atoms with van der Waals surface area (Å²) in [6.45, 7) is 4.13. The van der Waals surface area contributed by atoms with Crippen LogP contribution in [0.1, 0.15) is 23.2 Å². The van der Waals surface area contributed by atoms with Crippen molar-refractivity contribution in [2.24, 2.45) is 0 Å². The van der Waals surface area contributed by atoms with Crippen LogP contribution in [-0.4, -0.2) is 20.2 Å². The summed E-state index contributed by atoms with van der Waals surface area (Å²) in [5.41, 5.74) is 0.910. The number of rotatable bonds is 6. The van der Waals surface area contributed by atoms with Crippen LogP contribution in [0.15, 0.2) is 33.8 Å². The van der Waals surface area contributed by atoms with E-state index in [2.05, 4.69) is 20.2 Å². The van der Waals surface area contributed by atoms with E-state index in [0.717, 1.165) is 17.2 Å². The maximum absolute atomic E-state index is 5.83. The predicted molar refractivity (Wildman–Crippen MR) is 87.7 cm³/mol. The van der Waals surface area contributed by atoms with Crippen LogP contribution in [0.3, 0.4) is 0 Å². The highest BCUT2D eigenvalue weighted by Crippen LogP contribution is 2.21. The topological polar surface area (TPSA) is 76.8 Å². The van der Waals surface area contributed by atoms with Gasteiger partial charge < -0.3 is 9.15 Å². The number of thioether (sulfide) groups is 1. The van der Waals surface area contributed by atoms with Crippen LogP contribution in [0.2, 0.25) is 5.02 Å². The molecule has 0 aliphatic rings. The van der Waals surface area contributed by atoms with Crippen molar-refractivity contribution in [2.75, 3.05) is 0 Å². The molecule has 0 spiro atoms. The number of nitrogens with one attached hydrogen (secondary N) is 1. The molecule has 2 heterocycles. The number of halogens is 1. The molecule has 0 bridgehead atoms. The molecule has 1 N–H and O–H groups in total. The summed E-state index contributed by atoms with van der Waals surface area (Å²) in [6, 6.07) is 7.17. The highest BCUT2D eigenvalue weighted by molar-refractivity contribution is 7.98. The zero-order chi connectivity index (χ0) is 16.2. The minimum absolute atomic E-state index is 0.312. The normalized spacial score (nSPS) is 10.9. The third-order valence-corrected chi connectivity index (χ3v) is 4.18. The van der Waals surface area contributed by atoms with Crippen LogP contribution in [0.25, 0.3) is 0 Å². The van der Waals surface area contributed by atoms with E-state index in [0.29, 0.717) is 34.3 Å². The van der Waals surface area contributed by atoms with E-state index in [-0.39, 0.29) is 0 Å². The Labute approximate surface area is 142 Å². The van der Waals surface area contributed by atoms with Gasteiger partial charge in [-0.25, -0.2) is 9.97 Å². The van der Waals surface area contributed by atoms with E-state index < -0.39 is 0 Å². The van der Waals surface area contributed by atoms with Crippen molar-refractivity contribution in [1.82, 2.24) is 20.2 Å². The lowest BCUT2D eigenvalue weighted by molar-refractivity contribution is 0.296. The Balaban J connectivity index is 1.52. The highest BCUT2D eigenvalue weighted by Gasteiger charge is 2.09. The molecule has 0 aliphatic carbocycles. The molecule has 3 rings (SSSR count). The minimum atomic E-state index is 0.312. The maximum Gasteiger partial charge on any atom is 0.209 e. The number of benzene rings is 1. The molecule has 0 amide bonds. The van der Waals surface area contributed by atoms with Crippen LogP contribution in [0, 0.1) is 13.8 Å². The van der Waals surface area contributed by atoms with Crippen LogP contribution < -0.4 is 4.74 Å². The summed E-state index contributed by atoms with van der Waals surface area (Å²) in [5, 5.41) is 8.31. The molecule has 23 heavy (non-hydrogen) atoms. The first-order chi connectivity index (χ1) is 11.1. The second kappa shape index (κ2) is 7.06. The minimum Gasteiger partial charge on any atom is -0.486 e. The molecule has 6 nitrogen and oxygen atoms in total. The molecule has 0 aliphatic heterocycles. The van der Waals surface area contributed by atoms with Gasteiger partial charge in [-0.3, -0.25) is 5.10 Å². The van der Waals surface area contributed by atoms with Crippen LogP contribution in [0.4, 0.5) is 0 Å². The van der Waals surface area contributed by atoms with Gasteiger partial charge >= 0.3 is 0 Å². The average Bonchev–Trinajstić information content (AvgIpc) is 3.12. The number of H-pyrrole nitrogens is 1. The molecule has 8 heteroatoms. The monoisotopic (exact) mass is 350 g/mol. The molecule has 2 aromatic heterocycles. The number of oxazole rings is 1. The van der Waals surface area contributed by atoms with Crippen LogP contribution >= 0.6 is 23.4 Å². The summed E-state index contributed by atoms with van der Waals surface area (Å²) in [4.78, 5) is 8.69. The fourth-order valence-electron chi connectivity index (χ4n) is 1.82. The van der Waals surface area contributed by atoms with E-state index in [1.165, 1.54) is 11.8 Å². The van der Waals surface area contributed by atoms with Gasteiger partial charge in [0.25, 0.3) is 0 Å². The van der Waals surface area contributed by atoms with Crippen molar-refractivity contribution in [3.8, 4) is 5.75 Å². The Morgan fingerprint density at radius 2 is 2.00 bits per heavy atom. The number of ether oxygens (including phenoxy) is 1. The van der Waals surface area contributed by atoms with Gasteiger partial charge in [-0.1, -0.05) is 23.4 Å². The zero-order valence-corrected chi connectivity index (χ0v) is 14.2. The van der Waals surface area contributed by atoms with Crippen molar-refractivity contribution in [3.05, 3.63) is 52.5 Å². The summed E-state index contributed by atoms with van der Waals surface area (Å²) in [5.74, 6) is 3.48. The molecule has 1 aromatic carbocycles. The Bertz CT molecular complexity index is 766. The standard InChI is InChI=1S/C15H15ClN4O2S/c1-9-10(2)22-14(17-9)8-23-15-18-13(19-20-15)7-21-12-5-3-11(16)4-6-12/h3-6H,7-8H2,1-2H3,(H,18,19,20). The first-order valence-electron chi connectivity index (χ1n) is 6.95. The van der Waals surface area contributed by atoms with Gasteiger partial charge in [0.05, 0.1) is 11.4 Å². The largest absolute Gasteiger partial charge is 0.486 e. The number of hydrogen-bond acceptors (Lipinski definition) is 6. The van der Waals surface area contributed by atoms with E-state index in [4.69, 9.17) is 20.8 Å². The van der Waals surface area contributed by atoms with Gasteiger partial charge in [0.2, 0.25) is 11.0 Å². The maximum atomic E-state index is 5.83. The summed E-state index contributed by atoms with van der Waals surface area (Å²) in [7, 11) is 0. The SMILES string of the molecule is Cc1nc(CSc2n[nH]c(COc3ccc(Cl)cc3)n2)oc1C. The van der Waals surface area contributed by atoms with Crippen LogP contribution in [-0.2, 0) is 12.4 Å². The quantitative estimate of drug-likeness (QED) is 0.678. The third kappa shape index (κ3) is 4.27. The fourth-order valence-corrected chi connectivity index (χ4v) is 2.60. The zero-order valence-electron chi connectivity index (χ0n) is 12.7. The summed E-state index contributed by atoms with van der Waals surface area (Å²) >= 11 is 7.29. The summed E-state index contributed by atoms with van der Waals surface area (Å²) < 4.78 is 11.1. The third-order valence-electron chi connectivity index (χ3n) is 3.10. The molecule has 0 saturated carbocycles. The van der Waals surface area contributed by atoms with Gasteiger partial charge in [-0.05, 0) is 38.1 Å². The molecular formula is C15H15ClN4O2S.